The fraction of sp³-hybridized carbons (Fsp3) is 0.500. The zero-order valence-electron chi connectivity index (χ0n) is 12.1. The molecule has 0 aliphatic carbocycles. The number of rotatable bonds is 7. The molecule has 0 saturated heterocycles. The van der Waals surface area contributed by atoms with Gasteiger partial charge in [-0.15, -0.1) is 0 Å². The Bertz CT molecular complexity index is 440. The summed E-state index contributed by atoms with van der Waals surface area (Å²) < 4.78 is 16.7. The van der Waals surface area contributed by atoms with Crippen LogP contribution in [-0.4, -0.2) is 19.5 Å². The molecular weight excluding hydrogens is 263 g/mol. The maximum absolute atomic E-state index is 11.1. The van der Waals surface area contributed by atoms with E-state index in [0.717, 1.165) is 23.0 Å². The van der Waals surface area contributed by atoms with E-state index in [1.54, 1.807) is 0 Å². The van der Waals surface area contributed by atoms with Crippen LogP contribution in [0.2, 0.25) is 0 Å². The van der Waals surface area contributed by atoms with E-state index in [4.69, 9.17) is 13.6 Å². The number of carbonyl (C=O) groups is 1. The number of hydrogen-bond donors (Lipinski definition) is 0. The minimum atomic E-state index is -1.41. The van der Waals surface area contributed by atoms with Gasteiger partial charge in [0.05, 0.1) is 13.2 Å². The largest absolute Gasteiger partial charge is 0.426 e. The summed E-state index contributed by atoms with van der Waals surface area (Å²) in [6, 6.07) is 1.94. The lowest BCUT2D eigenvalue weighted by molar-refractivity contribution is 0.112. The summed E-state index contributed by atoms with van der Waals surface area (Å²) >= 11 is 0. The molecule has 0 fully saturated rings. The van der Waals surface area contributed by atoms with Crippen LogP contribution in [0.5, 0.6) is 5.75 Å². The summed E-state index contributed by atoms with van der Waals surface area (Å²) in [7, 11) is -1.41. The zero-order valence-corrected chi connectivity index (χ0v) is 13.0. The van der Waals surface area contributed by atoms with Gasteiger partial charge in [0, 0.05) is 11.1 Å². The molecule has 0 saturated carbocycles. The summed E-state index contributed by atoms with van der Waals surface area (Å²) in [5.74, 6) is 0.681. The summed E-state index contributed by atoms with van der Waals surface area (Å²) in [4.78, 5) is 11.1. The highest BCUT2D eigenvalue weighted by molar-refractivity contribution is 7.42. The van der Waals surface area contributed by atoms with Crippen LogP contribution in [0.4, 0.5) is 0 Å². The second kappa shape index (κ2) is 7.59. The normalized spacial score (nSPS) is 10.8. The monoisotopic (exact) mass is 284 g/mol. The number of aryl methyl sites for hydroxylation is 2. The van der Waals surface area contributed by atoms with Crippen molar-refractivity contribution in [2.24, 2.45) is 0 Å². The van der Waals surface area contributed by atoms with Crippen LogP contribution < -0.4 is 4.52 Å². The fourth-order valence-corrected chi connectivity index (χ4v) is 2.91. The Morgan fingerprint density at radius 3 is 2.16 bits per heavy atom. The molecule has 5 heteroatoms. The van der Waals surface area contributed by atoms with Gasteiger partial charge in [-0.2, -0.15) is 0 Å². The van der Waals surface area contributed by atoms with Crippen LogP contribution in [0.15, 0.2) is 6.07 Å². The maximum Gasteiger partial charge on any atom is 0.397 e. The second-order valence-corrected chi connectivity index (χ2v) is 5.29. The van der Waals surface area contributed by atoms with Crippen LogP contribution >= 0.6 is 8.60 Å². The quantitative estimate of drug-likeness (QED) is 0.558. The van der Waals surface area contributed by atoms with Gasteiger partial charge >= 0.3 is 8.60 Å². The first-order chi connectivity index (χ1) is 9.04. The molecule has 19 heavy (non-hydrogen) atoms. The molecule has 106 valence electrons. The first-order valence-corrected chi connectivity index (χ1v) is 7.44. The highest BCUT2D eigenvalue weighted by Gasteiger charge is 2.18. The minimum absolute atomic E-state index is 0.524. The van der Waals surface area contributed by atoms with Crippen molar-refractivity contribution in [3.8, 4) is 5.75 Å². The SMILES string of the molecule is CCOP(OCC)Oc1c(C)cc(C)c(C=O)c1C. The van der Waals surface area contributed by atoms with E-state index < -0.39 is 8.60 Å². The Balaban J connectivity index is 3.08. The van der Waals surface area contributed by atoms with Crippen molar-refractivity contribution >= 4 is 14.9 Å². The molecule has 0 radical (unpaired) electrons. The van der Waals surface area contributed by atoms with Gasteiger partial charge in [-0.05, 0) is 45.7 Å². The fourth-order valence-electron chi connectivity index (χ4n) is 1.88. The summed E-state index contributed by atoms with van der Waals surface area (Å²) in [6.45, 7) is 10.6. The molecule has 1 aromatic rings. The Kier molecular flexibility index (Phi) is 6.43. The summed E-state index contributed by atoms with van der Waals surface area (Å²) in [5.41, 5.74) is 3.44. The standard InChI is InChI=1S/C14H21O4P/c1-6-16-19(17-7-2)18-14-11(4)8-10(3)13(9-15)12(14)5/h8-9H,6-7H2,1-5H3. The van der Waals surface area contributed by atoms with Crippen molar-refractivity contribution in [2.45, 2.75) is 34.6 Å². The van der Waals surface area contributed by atoms with E-state index >= 15 is 0 Å². The third-order valence-electron chi connectivity index (χ3n) is 2.71. The van der Waals surface area contributed by atoms with E-state index in [9.17, 15) is 4.79 Å². The van der Waals surface area contributed by atoms with Crippen molar-refractivity contribution in [3.63, 3.8) is 0 Å². The predicted molar refractivity (Wildman–Crippen MR) is 76.8 cm³/mol. The van der Waals surface area contributed by atoms with Crippen molar-refractivity contribution in [2.75, 3.05) is 13.2 Å². The minimum Gasteiger partial charge on any atom is -0.426 e. The number of hydrogen-bond acceptors (Lipinski definition) is 4. The molecule has 1 rings (SSSR count). The van der Waals surface area contributed by atoms with Crippen molar-refractivity contribution in [1.82, 2.24) is 0 Å². The van der Waals surface area contributed by atoms with Gasteiger partial charge in [-0.1, -0.05) is 6.07 Å². The second-order valence-electron chi connectivity index (χ2n) is 4.15. The molecule has 0 amide bonds. The molecular formula is C14H21O4P. The molecule has 1 aromatic carbocycles. The van der Waals surface area contributed by atoms with Crippen LogP contribution in [0.1, 0.15) is 40.9 Å². The van der Waals surface area contributed by atoms with Gasteiger partial charge < -0.3 is 13.6 Å². The van der Waals surface area contributed by atoms with Gasteiger partial charge in [0.15, 0.2) is 6.29 Å². The van der Waals surface area contributed by atoms with E-state index in [0.29, 0.717) is 24.5 Å². The molecule has 0 aliphatic rings. The average Bonchev–Trinajstić information content (AvgIpc) is 2.35. The maximum atomic E-state index is 11.1. The third-order valence-corrected chi connectivity index (χ3v) is 3.98. The van der Waals surface area contributed by atoms with Gasteiger partial charge in [-0.3, -0.25) is 4.79 Å². The predicted octanol–water partition coefficient (Wildman–Crippen LogP) is 4.10. The molecule has 0 aromatic heterocycles. The van der Waals surface area contributed by atoms with Crippen molar-refractivity contribution in [3.05, 3.63) is 28.3 Å². The molecule has 4 nitrogen and oxygen atoms in total. The molecule has 0 aliphatic heterocycles. The van der Waals surface area contributed by atoms with Crippen molar-refractivity contribution < 1.29 is 18.4 Å². The lowest BCUT2D eigenvalue weighted by Gasteiger charge is -2.20. The molecule has 0 unspecified atom stereocenters. The number of carbonyl (C=O) groups excluding carboxylic acids is 1. The van der Waals surface area contributed by atoms with Gasteiger partial charge in [0.25, 0.3) is 0 Å². The van der Waals surface area contributed by atoms with Gasteiger partial charge in [-0.25, -0.2) is 0 Å². The van der Waals surface area contributed by atoms with Crippen LogP contribution in [-0.2, 0) is 9.05 Å². The lowest BCUT2D eigenvalue weighted by Crippen LogP contribution is -2.02. The number of benzene rings is 1. The first kappa shape index (κ1) is 16.1. The Morgan fingerprint density at radius 1 is 1.11 bits per heavy atom. The molecule has 0 heterocycles. The molecule has 0 atom stereocenters. The van der Waals surface area contributed by atoms with Crippen LogP contribution in [0, 0.1) is 20.8 Å². The summed E-state index contributed by atoms with van der Waals surface area (Å²) in [6.07, 6.45) is 0.862. The van der Waals surface area contributed by atoms with Crippen LogP contribution in [0.3, 0.4) is 0 Å². The topological polar surface area (TPSA) is 44.8 Å². The Morgan fingerprint density at radius 2 is 1.68 bits per heavy atom. The van der Waals surface area contributed by atoms with E-state index in [1.165, 1.54) is 0 Å². The highest BCUT2D eigenvalue weighted by Crippen LogP contribution is 2.43. The van der Waals surface area contributed by atoms with E-state index in [2.05, 4.69) is 0 Å². The molecule has 0 spiro atoms. The molecule has 0 N–H and O–H groups in total. The average molecular weight is 284 g/mol. The summed E-state index contributed by atoms with van der Waals surface area (Å²) in [5, 5.41) is 0. The van der Waals surface area contributed by atoms with E-state index in [1.807, 2.05) is 40.7 Å². The Hall–Kier alpha value is -0.960. The van der Waals surface area contributed by atoms with Gasteiger partial charge in [0.1, 0.15) is 5.75 Å². The first-order valence-electron chi connectivity index (χ1n) is 6.35. The van der Waals surface area contributed by atoms with E-state index in [-0.39, 0.29) is 0 Å². The highest BCUT2D eigenvalue weighted by atomic mass is 31.2. The van der Waals surface area contributed by atoms with Crippen molar-refractivity contribution in [1.29, 1.82) is 0 Å². The Labute approximate surface area is 116 Å². The molecule has 0 bridgehead atoms. The lowest BCUT2D eigenvalue weighted by atomic mass is 9.99. The third kappa shape index (κ3) is 4.00. The van der Waals surface area contributed by atoms with Gasteiger partial charge in [0.2, 0.25) is 0 Å². The zero-order chi connectivity index (χ0) is 14.4. The smallest absolute Gasteiger partial charge is 0.397 e. The number of aldehydes is 1. The van der Waals surface area contributed by atoms with Crippen LogP contribution in [0.25, 0.3) is 0 Å².